The summed E-state index contributed by atoms with van der Waals surface area (Å²) in [5.74, 6) is -0.200. The van der Waals surface area contributed by atoms with Crippen LogP contribution in [0.5, 0.6) is 0 Å². The molecule has 0 saturated heterocycles. The number of amides is 2. The van der Waals surface area contributed by atoms with Crippen LogP contribution in [0.2, 0.25) is 0 Å². The fourth-order valence-electron chi connectivity index (χ4n) is 4.69. The summed E-state index contributed by atoms with van der Waals surface area (Å²) in [4.78, 5) is 29.3. The summed E-state index contributed by atoms with van der Waals surface area (Å²) in [6, 6.07) is 23.9. The maximum absolute atomic E-state index is 13.2. The molecular formula is C27H25N3O2. The van der Waals surface area contributed by atoms with E-state index in [0.29, 0.717) is 0 Å². The summed E-state index contributed by atoms with van der Waals surface area (Å²) in [5, 5.41) is 3.11. The van der Waals surface area contributed by atoms with E-state index in [-0.39, 0.29) is 24.3 Å². The number of rotatable bonds is 4. The number of nitrogens with one attached hydrogen (secondary N) is 1. The normalized spacial score (nSPS) is 16.5. The van der Waals surface area contributed by atoms with Crippen LogP contribution in [0.1, 0.15) is 36.1 Å². The molecule has 0 aliphatic carbocycles. The van der Waals surface area contributed by atoms with Crippen LogP contribution in [0.4, 0.5) is 17.1 Å². The van der Waals surface area contributed by atoms with E-state index in [1.165, 1.54) is 18.2 Å². The van der Waals surface area contributed by atoms with Gasteiger partial charge >= 0.3 is 0 Å². The van der Waals surface area contributed by atoms with Gasteiger partial charge in [0.2, 0.25) is 11.8 Å². The van der Waals surface area contributed by atoms with Gasteiger partial charge in [0.1, 0.15) is 0 Å². The number of fused-ring (bicyclic) bond motifs is 2. The highest BCUT2D eigenvalue weighted by atomic mass is 16.2. The quantitative estimate of drug-likeness (QED) is 0.621. The number of anilines is 3. The second-order valence-electron chi connectivity index (χ2n) is 8.19. The summed E-state index contributed by atoms with van der Waals surface area (Å²) in [6.07, 6.45) is 4.87. The van der Waals surface area contributed by atoms with Gasteiger partial charge in [-0.05, 0) is 47.4 Å². The van der Waals surface area contributed by atoms with Crippen LogP contribution in [0, 0.1) is 0 Å². The predicted octanol–water partition coefficient (Wildman–Crippen LogP) is 5.28. The third-order valence-corrected chi connectivity index (χ3v) is 6.20. The van der Waals surface area contributed by atoms with Crippen LogP contribution in [0.15, 0.2) is 79.0 Å². The molecule has 5 heteroatoms. The van der Waals surface area contributed by atoms with Gasteiger partial charge in [-0.25, -0.2) is 0 Å². The summed E-state index contributed by atoms with van der Waals surface area (Å²) >= 11 is 0. The largest absolute Gasteiger partial charge is 0.339 e. The fraction of sp³-hybridized carbons (Fsp3) is 0.185. The molecule has 3 aromatic rings. The van der Waals surface area contributed by atoms with Crippen LogP contribution >= 0.6 is 0 Å². The van der Waals surface area contributed by atoms with Crippen LogP contribution in [-0.4, -0.2) is 23.3 Å². The minimum absolute atomic E-state index is 0.0809. The highest BCUT2D eigenvalue weighted by molar-refractivity contribution is 5.96. The van der Waals surface area contributed by atoms with E-state index in [2.05, 4.69) is 28.4 Å². The molecule has 0 saturated carbocycles. The molecule has 2 aliphatic rings. The first-order valence-electron chi connectivity index (χ1n) is 10.9. The number of carbonyl (C=O) groups is 2. The standard InChI is InChI=1S/C27H25N3O2/c1-19(31)29-16-14-20-8-2-4-10-22(20)26(29)18-27(32)28-23-11-5-7-13-25(23)30-17-15-21-9-3-6-12-24(21)30/h2-14,16,26H,15,17-18H2,1H3,(H,28,32). The fourth-order valence-corrected chi connectivity index (χ4v) is 4.69. The van der Waals surface area contributed by atoms with Crippen molar-refractivity contribution in [3.05, 3.63) is 95.7 Å². The van der Waals surface area contributed by atoms with Crippen molar-refractivity contribution in [2.45, 2.75) is 25.8 Å². The molecule has 0 bridgehead atoms. The third-order valence-electron chi connectivity index (χ3n) is 6.20. The van der Waals surface area contributed by atoms with Crippen molar-refractivity contribution in [2.75, 3.05) is 16.8 Å². The zero-order valence-corrected chi connectivity index (χ0v) is 18.0. The van der Waals surface area contributed by atoms with Gasteiger partial charge in [-0.2, -0.15) is 0 Å². The van der Waals surface area contributed by atoms with E-state index in [9.17, 15) is 9.59 Å². The summed E-state index contributed by atoms with van der Waals surface area (Å²) < 4.78 is 0. The Morgan fingerprint density at radius 3 is 2.50 bits per heavy atom. The average molecular weight is 424 g/mol. The Kier molecular flexibility index (Phi) is 5.23. The van der Waals surface area contributed by atoms with Crippen molar-refractivity contribution in [1.29, 1.82) is 0 Å². The molecular weight excluding hydrogens is 398 g/mol. The van der Waals surface area contributed by atoms with Gasteiger partial charge in [0, 0.05) is 25.4 Å². The third kappa shape index (κ3) is 3.66. The van der Waals surface area contributed by atoms with E-state index in [1.807, 2.05) is 60.7 Å². The van der Waals surface area contributed by atoms with Gasteiger partial charge in [0.15, 0.2) is 0 Å². The minimum Gasteiger partial charge on any atom is -0.339 e. The van der Waals surface area contributed by atoms with E-state index in [4.69, 9.17) is 0 Å². The van der Waals surface area contributed by atoms with E-state index in [1.54, 1.807) is 11.1 Å². The lowest BCUT2D eigenvalue weighted by atomic mass is 9.93. The van der Waals surface area contributed by atoms with Gasteiger partial charge in [-0.15, -0.1) is 0 Å². The maximum atomic E-state index is 13.2. The van der Waals surface area contributed by atoms with E-state index >= 15 is 0 Å². The molecule has 32 heavy (non-hydrogen) atoms. The topological polar surface area (TPSA) is 52.7 Å². The van der Waals surface area contributed by atoms with Crippen LogP contribution in [-0.2, 0) is 16.0 Å². The Hall–Kier alpha value is -3.86. The zero-order chi connectivity index (χ0) is 22.1. The second kappa shape index (κ2) is 8.35. The van der Waals surface area contributed by atoms with Crippen LogP contribution < -0.4 is 10.2 Å². The molecule has 0 aromatic heterocycles. The van der Waals surface area contributed by atoms with Crippen molar-refractivity contribution in [3.8, 4) is 0 Å². The Bertz CT molecular complexity index is 1220. The molecule has 5 rings (SSSR count). The molecule has 0 fully saturated rings. The van der Waals surface area contributed by atoms with Gasteiger partial charge in [0.05, 0.1) is 23.8 Å². The van der Waals surface area contributed by atoms with Crippen molar-refractivity contribution in [1.82, 2.24) is 4.90 Å². The molecule has 1 atom stereocenters. The monoisotopic (exact) mass is 423 g/mol. The molecule has 0 spiro atoms. The number of carbonyl (C=O) groups excluding carboxylic acids is 2. The van der Waals surface area contributed by atoms with Crippen molar-refractivity contribution < 1.29 is 9.59 Å². The molecule has 1 N–H and O–H groups in total. The first kappa shape index (κ1) is 20.1. The van der Waals surface area contributed by atoms with E-state index in [0.717, 1.165) is 35.5 Å². The first-order chi connectivity index (χ1) is 15.6. The Morgan fingerprint density at radius 2 is 1.66 bits per heavy atom. The molecule has 160 valence electrons. The summed E-state index contributed by atoms with van der Waals surface area (Å²) in [6.45, 7) is 2.41. The van der Waals surface area contributed by atoms with Crippen LogP contribution in [0.25, 0.3) is 6.08 Å². The lowest BCUT2D eigenvalue weighted by molar-refractivity contribution is -0.129. The SMILES string of the molecule is CC(=O)N1C=Cc2ccccc2C1CC(=O)Nc1ccccc1N1CCc2ccccc21. The highest BCUT2D eigenvalue weighted by Crippen LogP contribution is 2.39. The molecule has 2 aliphatic heterocycles. The minimum atomic E-state index is -0.326. The average Bonchev–Trinajstić information content (AvgIpc) is 3.23. The second-order valence-corrected chi connectivity index (χ2v) is 8.19. The maximum Gasteiger partial charge on any atom is 0.226 e. The smallest absolute Gasteiger partial charge is 0.226 e. The molecule has 2 amide bonds. The molecule has 2 heterocycles. The van der Waals surface area contributed by atoms with Gasteiger partial charge in [-0.1, -0.05) is 54.6 Å². The van der Waals surface area contributed by atoms with Gasteiger partial charge in [-0.3, -0.25) is 9.59 Å². The molecule has 5 nitrogen and oxygen atoms in total. The summed E-state index contributed by atoms with van der Waals surface area (Å²) in [5.41, 5.74) is 6.29. The van der Waals surface area contributed by atoms with Crippen molar-refractivity contribution >= 4 is 35.0 Å². The van der Waals surface area contributed by atoms with Crippen LogP contribution in [0.3, 0.4) is 0 Å². The predicted molar refractivity (Wildman–Crippen MR) is 128 cm³/mol. The lowest BCUT2D eigenvalue weighted by Crippen LogP contribution is -2.33. The number of hydrogen-bond donors (Lipinski definition) is 1. The lowest BCUT2D eigenvalue weighted by Gasteiger charge is -2.32. The summed E-state index contributed by atoms with van der Waals surface area (Å²) in [7, 11) is 0. The number of nitrogens with zero attached hydrogens (tertiary/aromatic N) is 2. The molecule has 1 unspecified atom stereocenters. The van der Waals surface area contributed by atoms with Crippen molar-refractivity contribution in [3.63, 3.8) is 0 Å². The Labute approximate surface area is 188 Å². The highest BCUT2D eigenvalue weighted by Gasteiger charge is 2.29. The number of para-hydroxylation sites is 3. The van der Waals surface area contributed by atoms with E-state index < -0.39 is 0 Å². The zero-order valence-electron chi connectivity index (χ0n) is 18.0. The van der Waals surface area contributed by atoms with Gasteiger partial charge in [0.25, 0.3) is 0 Å². The first-order valence-corrected chi connectivity index (χ1v) is 10.9. The van der Waals surface area contributed by atoms with Crippen molar-refractivity contribution in [2.24, 2.45) is 0 Å². The Morgan fingerprint density at radius 1 is 0.938 bits per heavy atom. The Balaban J connectivity index is 1.40. The van der Waals surface area contributed by atoms with Gasteiger partial charge < -0.3 is 15.1 Å². The molecule has 0 radical (unpaired) electrons. The number of benzene rings is 3. The number of hydrogen-bond acceptors (Lipinski definition) is 3. The molecule has 3 aromatic carbocycles.